The van der Waals surface area contributed by atoms with E-state index in [2.05, 4.69) is 6.92 Å². The van der Waals surface area contributed by atoms with E-state index in [0.29, 0.717) is 24.7 Å². The van der Waals surface area contributed by atoms with Crippen molar-refractivity contribution in [2.75, 3.05) is 13.2 Å². The fraction of sp³-hybridized carbons (Fsp3) is 0.429. The van der Waals surface area contributed by atoms with Crippen LogP contribution < -0.4 is 0 Å². The zero-order valence-electron chi connectivity index (χ0n) is 15.2. The first kappa shape index (κ1) is 19.3. The fourth-order valence-corrected chi connectivity index (χ4v) is 3.01. The van der Waals surface area contributed by atoms with Crippen LogP contribution in [0.5, 0.6) is 0 Å². The van der Waals surface area contributed by atoms with Gasteiger partial charge in [-0.1, -0.05) is 25.5 Å². The van der Waals surface area contributed by atoms with E-state index in [0.717, 1.165) is 24.5 Å². The Hall–Kier alpha value is -2.49. The molecule has 6 heteroatoms. The molecule has 1 fully saturated rings. The van der Waals surface area contributed by atoms with E-state index in [-0.39, 0.29) is 12.2 Å². The van der Waals surface area contributed by atoms with Crippen molar-refractivity contribution >= 4 is 5.97 Å². The van der Waals surface area contributed by atoms with Gasteiger partial charge in [-0.25, -0.2) is 9.18 Å². The van der Waals surface area contributed by atoms with Gasteiger partial charge in [-0.2, -0.15) is 5.26 Å². The zero-order chi connectivity index (χ0) is 19.3. The number of benzene rings is 1. The number of nitriles is 1. The third-order valence-corrected chi connectivity index (χ3v) is 4.59. The van der Waals surface area contributed by atoms with Gasteiger partial charge in [0.2, 0.25) is 5.67 Å². The Morgan fingerprint density at radius 3 is 2.59 bits per heavy atom. The Morgan fingerprint density at radius 2 is 2.04 bits per heavy atom. The van der Waals surface area contributed by atoms with E-state index in [4.69, 9.17) is 19.5 Å². The summed E-state index contributed by atoms with van der Waals surface area (Å²) < 4.78 is 30.5. The summed E-state index contributed by atoms with van der Waals surface area (Å²) in [5.41, 5.74) is -0.826. The number of carbonyl (C=O) groups excluding carboxylic acids is 1. The van der Waals surface area contributed by atoms with Gasteiger partial charge in [0.05, 0.1) is 18.8 Å². The van der Waals surface area contributed by atoms with E-state index in [9.17, 15) is 9.18 Å². The molecule has 1 atom stereocenters. The molecule has 0 saturated carbocycles. The normalized spacial score (nSPS) is 27.5. The lowest BCUT2D eigenvalue weighted by molar-refractivity contribution is -0.206. The predicted molar refractivity (Wildman–Crippen MR) is 96.2 cm³/mol. The molecule has 5 nitrogen and oxygen atoms in total. The van der Waals surface area contributed by atoms with Crippen LogP contribution in [0.4, 0.5) is 4.39 Å². The molecule has 142 valence electrons. The minimum absolute atomic E-state index is 0.142. The van der Waals surface area contributed by atoms with Crippen LogP contribution in [0.15, 0.2) is 48.3 Å². The van der Waals surface area contributed by atoms with Crippen molar-refractivity contribution in [2.45, 2.75) is 38.1 Å². The van der Waals surface area contributed by atoms with Gasteiger partial charge in [-0.3, -0.25) is 0 Å². The lowest BCUT2D eigenvalue weighted by Crippen LogP contribution is -2.27. The SMILES string of the molecule is CCCC1COC(c2ccc(C(=O)OC3=CCC(F)(C#N)C=C3)cc2)OC1. The lowest BCUT2D eigenvalue weighted by Gasteiger charge is -2.29. The van der Waals surface area contributed by atoms with Crippen molar-refractivity contribution in [3.8, 4) is 6.07 Å². The predicted octanol–water partition coefficient (Wildman–Crippen LogP) is 4.38. The van der Waals surface area contributed by atoms with Gasteiger partial charge < -0.3 is 14.2 Å². The van der Waals surface area contributed by atoms with Crippen LogP contribution in [0.3, 0.4) is 0 Å². The van der Waals surface area contributed by atoms with Crippen molar-refractivity contribution in [3.05, 3.63) is 59.4 Å². The fourth-order valence-electron chi connectivity index (χ4n) is 3.01. The number of nitrogens with zero attached hydrogens (tertiary/aromatic N) is 1. The first-order valence-electron chi connectivity index (χ1n) is 9.08. The molecule has 1 heterocycles. The van der Waals surface area contributed by atoms with Gasteiger partial charge in [0.1, 0.15) is 11.8 Å². The maximum Gasteiger partial charge on any atom is 0.343 e. The molecular formula is C21H22FNO4. The number of halogens is 1. The quantitative estimate of drug-likeness (QED) is 0.719. The van der Waals surface area contributed by atoms with E-state index in [1.165, 1.54) is 12.2 Å². The molecule has 1 aromatic carbocycles. The lowest BCUT2D eigenvalue weighted by atomic mass is 9.98. The molecule has 3 rings (SSSR count). The number of ether oxygens (including phenoxy) is 3. The molecular weight excluding hydrogens is 349 g/mol. The topological polar surface area (TPSA) is 68.5 Å². The summed E-state index contributed by atoms with van der Waals surface area (Å²) in [6.07, 6.45) is 5.42. The maximum atomic E-state index is 13.8. The van der Waals surface area contributed by atoms with E-state index in [1.807, 2.05) is 0 Å². The summed E-state index contributed by atoms with van der Waals surface area (Å²) in [7, 11) is 0. The molecule has 0 N–H and O–H groups in total. The van der Waals surface area contributed by atoms with Crippen molar-refractivity contribution in [1.82, 2.24) is 0 Å². The average molecular weight is 371 g/mol. The number of allylic oxidation sites excluding steroid dienone is 3. The van der Waals surface area contributed by atoms with Crippen molar-refractivity contribution in [2.24, 2.45) is 5.92 Å². The summed E-state index contributed by atoms with van der Waals surface area (Å²) in [5, 5.41) is 8.74. The summed E-state index contributed by atoms with van der Waals surface area (Å²) in [4.78, 5) is 12.2. The number of carbonyl (C=O) groups is 1. The van der Waals surface area contributed by atoms with Gasteiger partial charge in [-0.15, -0.1) is 0 Å². The molecule has 1 aromatic rings. The monoisotopic (exact) mass is 371 g/mol. The third kappa shape index (κ3) is 4.82. The molecule has 0 radical (unpaired) electrons. The first-order chi connectivity index (χ1) is 13.0. The number of hydrogen-bond acceptors (Lipinski definition) is 5. The number of hydrogen-bond donors (Lipinski definition) is 0. The average Bonchev–Trinajstić information content (AvgIpc) is 2.71. The molecule has 1 aliphatic heterocycles. The van der Waals surface area contributed by atoms with Crippen LogP contribution >= 0.6 is 0 Å². The Balaban J connectivity index is 1.56. The Labute approximate surface area is 158 Å². The summed E-state index contributed by atoms with van der Waals surface area (Å²) in [6, 6.07) is 8.40. The summed E-state index contributed by atoms with van der Waals surface area (Å²) >= 11 is 0. The Kier molecular flexibility index (Phi) is 6.04. The molecule has 0 aromatic heterocycles. The highest BCUT2D eigenvalue weighted by atomic mass is 19.1. The molecule has 1 unspecified atom stereocenters. The van der Waals surface area contributed by atoms with Crippen molar-refractivity contribution in [3.63, 3.8) is 0 Å². The molecule has 27 heavy (non-hydrogen) atoms. The third-order valence-electron chi connectivity index (χ3n) is 4.59. The van der Waals surface area contributed by atoms with Crippen molar-refractivity contribution in [1.29, 1.82) is 5.26 Å². The second kappa shape index (κ2) is 8.47. The highest BCUT2D eigenvalue weighted by Gasteiger charge is 2.28. The van der Waals surface area contributed by atoms with Crippen LogP contribution in [-0.2, 0) is 14.2 Å². The molecule has 0 bridgehead atoms. The molecule has 2 aliphatic rings. The highest BCUT2D eigenvalue weighted by molar-refractivity contribution is 5.90. The minimum Gasteiger partial charge on any atom is -0.423 e. The standard InChI is InChI=1S/C21H22FNO4/c1-2-3-15-12-25-20(26-13-15)17-6-4-16(5-7-17)19(24)27-18-8-10-21(22,14-23)11-9-18/h4-10,15,20H,2-3,11-13H2,1H3. The minimum atomic E-state index is -2.03. The first-order valence-corrected chi connectivity index (χ1v) is 9.08. The van der Waals surface area contributed by atoms with Gasteiger partial charge >= 0.3 is 5.97 Å². The largest absolute Gasteiger partial charge is 0.423 e. The molecule has 1 saturated heterocycles. The van der Waals surface area contributed by atoms with Gasteiger partial charge in [-0.05, 0) is 36.8 Å². The number of alkyl halides is 1. The number of esters is 1. The summed E-state index contributed by atoms with van der Waals surface area (Å²) in [6.45, 7) is 3.48. The summed E-state index contributed by atoms with van der Waals surface area (Å²) in [5.74, 6) is 0.115. The van der Waals surface area contributed by atoms with E-state index < -0.39 is 17.9 Å². The van der Waals surface area contributed by atoms with Gasteiger partial charge in [0, 0.05) is 17.9 Å². The van der Waals surface area contributed by atoms with Crippen LogP contribution in [0.1, 0.15) is 48.4 Å². The van der Waals surface area contributed by atoms with Crippen LogP contribution in [0, 0.1) is 17.2 Å². The highest BCUT2D eigenvalue weighted by Crippen LogP contribution is 2.28. The number of rotatable bonds is 5. The zero-order valence-corrected chi connectivity index (χ0v) is 15.2. The Morgan fingerprint density at radius 1 is 1.33 bits per heavy atom. The van der Waals surface area contributed by atoms with Crippen LogP contribution in [0.25, 0.3) is 0 Å². The van der Waals surface area contributed by atoms with E-state index >= 15 is 0 Å². The second-order valence-corrected chi connectivity index (χ2v) is 6.78. The molecule has 0 spiro atoms. The molecule has 1 aliphatic carbocycles. The van der Waals surface area contributed by atoms with Crippen LogP contribution in [0.2, 0.25) is 0 Å². The van der Waals surface area contributed by atoms with Gasteiger partial charge in [0.25, 0.3) is 0 Å². The smallest absolute Gasteiger partial charge is 0.343 e. The second-order valence-electron chi connectivity index (χ2n) is 6.78. The maximum absolute atomic E-state index is 13.8. The molecule has 0 amide bonds. The van der Waals surface area contributed by atoms with Crippen LogP contribution in [-0.4, -0.2) is 24.9 Å². The Bertz CT molecular complexity index is 772. The van der Waals surface area contributed by atoms with E-state index in [1.54, 1.807) is 30.3 Å². The van der Waals surface area contributed by atoms with Crippen molar-refractivity contribution < 1.29 is 23.4 Å². The van der Waals surface area contributed by atoms with Gasteiger partial charge in [0.15, 0.2) is 6.29 Å².